The first-order chi connectivity index (χ1) is 12.5. The first-order valence-corrected chi connectivity index (χ1v) is 8.33. The van der Waals surface area contributed by atoms with Crippen LogP contribution >= 0.6 is 0 Å². The van der Waals surface area contributed by atoms with Gasteiger partial charge in [0.05, 0.1) is 40.3 Å². The molecular weight excluding hydrogens is 340 g/mol. The summed E-state index contributed by atoms with van der Waals surface area (Å²) in [6.45, 7) is 1.44. The molecule has 1 aromatic rings. The molecule has 1 atom stereocenters. The molecule has 8 nitrogen and oxygen atoms in total. The molecule has 0 fully saturated rings. The number of carbonyl (C=O) groups is 2. The molecule has 0 radical (unpaired) electrons. The van der Waals surface area contributed by atoms with Gasteiger partial charge in [0.2, 0.25) is 5.91 Å². The van der Waals surface area contributed by atoms with Gasteiger partial charge in [0.1, 0.15) is 0 Å². The van der Waals surface area contributed by atoms with Crippen LogP contribution in [-0.2, 0) is 19.1 Å². The van der Waals surface area contributed by atoms with Crippen LogP contribution in [0.2, 0.25) is 0 Å². The van der Waals surface area contributed by atoms with E-state index in [-0.39, 0.29) is 18.9 Å². The largest absolute Gasteiger partial charge is 0.493 e. The number of hydrogen-bond donors (Lipinski definition) is 2. The van der Waals surface area contributed by atoms with Gasteiger partial charge >= 0.3 is 5.97 Å². The van der Waals surface area contributed by atoms with Crippen molar-refractivity contribution in [3.8, 4) is 11.5 Å². The Morgan fingerprint density at radius 1 is 1.08 bits per heavy atom. The second kappa shape index (κ2) is 12.1. The van der Waals surface area contributed by atoms with Gasteiger partial charge in [-0.15, -0.1) is 0 Å². The summed E-state index contributed by atoms with van der Waals surface area (Å²) in [5.74, 6) is 0.454. The molecule has 0 aliphatic heterocycles. The van der Waals surface area contributed by atoms with Crippen LogP contribution in [-0.4, -0.2) is 60.0 Å². The van der Waals surface area contributed by atoms with Crippen LogP contribution in [0.15, 0.2) is 18.2 Å². The fraction of sp³-hybridized carbons (Fsp3) is 0.556. The van der Waals surface area contributed by atoms with Crippen molar-refractivity contribution in [1.82, 2.24) is 10.6 Å². The van der Waals surface area contributed by atoms with Crippen LogP contribution in [0.25, 0.3) is 0 Å². The molecular formula is C18H28N2O6. The normalized spacial score (nSPS) is 11.5. The summed E-state index contributed by atoms with van der Waals surface area (Å²) in [6, 6.07) is 4.71. The zero-order valence-corrected chi connectivity index (χ0v) is 15.8. The van der Waals surface area contributed by atoms with Crippen LogP contribution in [0.1, 0.15) is 24.4 Å². The third-order valence-corrected chi connectivity index (χ3v) is 3.73. The number of esters is 1. The van der Waals surface area contributed by atoms with E-state index in [2.05, 4.69) is 10.6 Å². The molecule has 0 spiro atoms. The molecule has 0 aliphatic rings. The van der Waals surface area contributed by atoms with Crippen LogP contribution < -0.4 is 20.1 Å². The Morgan fingerprint density at radius 3 is 2.42 bits per heavy atom. The van der Waals surface area contributed by atoms with Crippen LogP contribution in [0, 0.1) is 0 Å². The molecule has 26 heavy (non-hydrogen) atoms. The molecule has 2 N–H and O–H groups in total. The molecule has 0 saturated carbocycles. The Morgan fingerprint density at radius 2 is 1.81 bits per heavy atom. The minimum atomic E-state index is -0.532. The van der Waals surface area contributed by atoms with Gasteiger partial charge < -0.3 is 29.6 Å². The molecule has 1 unspecified atom stereocenters. The van der Waals surface area contributed by atoms with E-state index in [1.165, 1.54) is 14.2 Å². The lowest BCUT2D eigenvalue weighted by molar-refractivity contribution is -0.141. The highest BCUT2D eigenvalue weighted by atomic mass is 16.5. The molecule has 0 aromatic heterocycles. The van der Waals surface area contributed by atoms with E-state index in [9.17, 15) is 9.59 Å². The second-order valence-electron chi connectivity index (χ2n) is 5.54. The summed E-state index contributed by atoms with van der Waals surface area (Å²) in [5.41, 5.74) is 0.723. The van der Waals surface area contributed by atoms with Gasteiger partial charge in [0.15, 0.2) is 11.5 Å². The lowest BCUT2D eigenvalue weighted by atomic mass is 10.0. The average Bonchev–Trinajstić information content (AvgIpc) is 2.66. The Hall–Kier alpha value is -2.32. The number of hydrogen-bond acceptors (Lipinski definition) is 7. The summed E-state index contributed by atoms with van der Waals surface area (Å²) in [5, 5.41) is 5.88. The summed E-state index contributed by atoms with van der Waals surface area (Å²) < 4.78 is 20.2. The molecule has 8 heteroatoms. The van der Waals surface area contributed by atoms with Crippen molar-refractivity contribution < 1.29 is 28.5 Å². The predicted molar refractivity (Wildman–Crippen MR) is 96.4 cm³/mol. The smallest absolute Gasteiger partial charge is 0.307 e. The van der Waals surface area contributed by atoms with E-state index in [1.807, 2.05) is 0 Å². The monoisotopic (exact) mass is 368 g/mol. The molecule has 1 rings (SSSR count). The number of benzene rings is 1. The maximum absolute atomic E-state index is 12.2. The van der Waals surface area contributed by atoms with E-state index in [4.69, 9.17) is 18.9 Å². The quantitative estimate of drug-likeness (QED) is 0.421. The number of carbonyl (C=O) groups excluding carboxylic acids is 2. The third kappa shape index (κ3) is 7.28. The highest BCUT2D eigenvalue weighted by Crippen LogP contribution is 2.31. The minimum Gasteiger partial charge on any atom is -0.493 e. The van der Waals surface area contributed by atoms with E-state index in [0.29, 0.717) is 24.7 Å². The van der Waals surface area contributed by atoms with Gasteiger partial charge in [0.25, 0.3) is 0 Å². The minimum absolute atomic E-state index is 0.0153. The van der Waals surface area contributed by atoms with E-state index in [0.717, 1.165) is 12.0 Å². The molecule has 146 valence electrons. The number of rotatable bonds is 12. The average molecular weight is 368 g/mol. The van der Waals surface area contributed by atoms with E-state index in [1.54, 1.807) is 32.4 Å². The van der Waals surface area contributed by atoms with Crippen molar-refractivity contribution in [3.63, 3.8) is 0 Å². The van der Waals surface area contributed by atoms with E-state index >= 15 is 0 Å². The lowest BCUT2D eigenvalue weighted by Gasteiger charge is -2.20. The number of methoxy groups -OCH3 is 4. The fourth-order valence-corrected chi connectivity index (χ4v) is 2.36. The van der Waals surface area contributed by atoms with Crippen molar-refractivity contribution in [3.05, 3.63) is 23.8 Å². The summed E-state index contributed by atoms with van der Waals surface area (Å²) in [6.07, 6.45) is 0.826. The first-order valence-electron chi connectivity index (χ1n) is 8.33. The van der Waals surface area contributed by atoms with Crippen molar-refractivity contribution in [1.29, 1.82) is 0 Å². The molecule has 0 aliphatic carbocycles. The van der Waals surface area contributed by atoms with Crippen molar-refractivity contribution in [2.45, 2.75) is 18.9 Å². The van der Waals surface area contributed by atoms with Gasteiger partial charge in [-0.05, 0) is 30.7 Å². The summed E-state index contributed by atoms with van der Waals surface area (Å²) in [4.78, 5) is 23.9. The Kier molecular flexibility index (Phi) is 10.1. The Labute approximate surface area is 154 Å². The molecule has 1 amide bonds. The number of amides is 1. The van der Waals surface area contributed by atoms with Gasteiger partial charge in [-0.1, -0.05) is 6.07 Å². The van der Waals surface area contributed by atoms with Gasteiger partial charge in [0, 0.05) is 13.7 Å². The second-order valence-corrected chi connectivity index (χ2v) is 5.54. The maximum atomic E-state index is 12.2. The van der Waals surface area contributed by atoms with Crippen LogP contribution in [0.3, 0.4) is 0 Å². The highest BCUT2D eigenvalue weighted by molar-refractivity contribution is 5.79. The standard InChI is InChI=1S/C18H28N2O6/c1-23-9-5-8-19-12-17(21)20-14(11-18(22)26-4)13-6-7-15(24-2)16(10-13)25-3/h6-7,10,14,19H,5,8-9,11-12H2,1-4H3,(H,20,21). The van der Waals surface area contributed by atoms with Crippen LogP contribution in [0.4, 0.5) is 0 Å². The third-order valence-electron chi connectivity index (χ3n) is 3.73. The van der Waals surface area contributed by atoms with E-state index < -0.39 is 12.0 Å². The summed E-state index contributed by atoms with van der Waals surface area (Å²) in [7, 11) is 6.01. The van der Waals surface area contributed by atoms with Gasteiger partial charge in [-0.2, -0.15) is 0 Å². The summed E-state index contributed by atoms with van der Waals surface area (Å²) >= 11 is 0. The number of nitrogens with one attached hydrogen (secondary N) is 2. The fourth-order valence-electron chi connectivity index (χ4n) is 2.36. The van der Waals surface area contributed by atoms with Crippen LogP contribution in [0.5, 0.6) is 11.5 Å². The van der Waals surface area contributed by atoms with Crippen molar-refractivity contribution in [2.24, 2.45) is 0 Å². The number of ether oxygens (including phenoxy) is 4. The zero-order valence-electron chi connectivity index (χ0n) is 15.8. The van der Waals surface area contributed by atoms with Gasteiger partial charge in [-0.3, -0.25) is 9.59 Å². The van der Waals surface area contributed by atoms with Crippen molar-refractivity contribution >= 4 is 11.9 Å². The Bertz CT molecular complexity index is 579. The molecule has 1 aromatic carbocycles. The van der Waals surface area contributed by atoms with Gasteiger partial charge in [-0.25, -0.2) is 0 Å². The molecule has 0 heterocycles. The molecule has 0 saturated heterocycles. The topological polar surface area (TPSA) is 95.1 Å². The highest BCUT2D eigenvalue weighted by Gasteiger charge is 2.20. The lowest BCUT2D eigenvalue weighted by Crippen LogP contribution is -2.37. The Balaban J connectivity index is 2.78. The zero-order chi connectivity index (χ0) is 19.4. The predicted octanol–water partition coefficient (Wildman–Crippen LogP) is 1.05. The maximum Gasteiger partial charge on any atom is 0.307 e. The first kappa shape index (κ1) is 21.7. The SMILES string of the molecule is COCCCNCC(=O)NC(CC(=O)OC)c1ccc(OC)c(OC)c1. The van der Waals surface area contributed by atoms with Crippen molar-refractivity contribution in [2.75, 3.05) is 48.1 Å². The molecule has 0 bridgehead atoms.